The standard InChI is InChI=1S/C67H109N9O7/c1-3-5-39-82-65(79)72-59-31-15-51(16-32-59)41-47-7-23-55(24-8-47)68-45-70-57-27-11-49(12-28-57)43-53-19-35-61(36-20-53)75-63(77)74-64(78)76(67(75)81)62-37-21-54(22-38-62)44-50-13-29-58(30-14-50)71-46-69-56-25-9-48(10-26-56)42-52-17-33-60(34-18-52)73-66(80)83-40-6-4-2/h47-62H,3-44H2,1-2H3,(H,72,79)(H,73,80)(H,74,77,78). The third-order valence-corrected chi connectivity index (χ3v) is 22.1. The van der Waals surface area contributed by atoms with E-state index in [1.54, 1.807) is 0 Å². The molecule has 0 bridgehead atoms. The van der Waals surface area contributed by atoms with Gasteiger partial charge in [-0.15, -0.1) is 0 Å². The molecule has 0 aromatic carbocycles. The van der Waals surface area contributed by atoms with Crippen molar-refractivity contribution in [2.45, 2.75) is 319 Å². The number of H-pyrrole nitrogens is 1. The fourth-order valence-corrected chi connectivity index (χ4v) is 16.9. The number of carbonyl (C=O) groups excluding carboxylic acids is 2. The van der Waals surface area contributed by atoms with E-state index in [0.29, 0.717) is 61.1 Å². The van der Waals surface area contributed by atoms with E-state index in [1.165, 1.54) is 112 Å². The first-order chi connectivity index (χ1) is 40.5. The van der Waals surface area contributed by atoms with E-state index >= 15 is 0 Å². The molecule has 0 saturated heterocycles. The van der Waals surface area contributed by atoms with Gasteiger partial charge in [-0.25, -0.2) is 53.1 Å². The van der Waals surface area contributed by atoms with Crippen molar-refractivity contribution in [3.63, 3.8) is 0 Å². The molecule has 8 aliphatic rings. The maximum Gasteiger partial charge on any atom is 0.407 e. The van der Waals surface area contributed by atoms with Crippen molar-refractivity contribution in [3.05, 3.63) is 31.5 Å². The molecule has 464 valence electrons. The predicted molar refractivity (Wildman–Crippen MR) is 329 cm³/mol. The lowest BCUT2D eigenvalue weighted by Gasteiger charge is -2.34. The van der Waals surface area contributed by atoms with Crippen molar-refractivity contribution < 1.29 is 19.1 Å². The molecule has 0 spiro atoms. The molecule has 8 saturated carbocycles. The van der Waals surface area contributed by atoms with E-state index in [1.807, 2.05) is 0 Å². The SMILES string of the molecule is CCCCOC(=O)NC1CCC(CC2CCC(N=C=NC3CCC(CC4CCC(n5c(=O)[nH]c(=O)n(C6CCC(CC7CCC(N=C=NC8CCC(CC9CCC(NC(=O)OCCCC)CC9)CC8)CC7)CC6)c5=O)CC4)CC3)CC2)CC1. The average Bonchev–Trinajstić information content (AvgIpc) is 3.20. The summed E-state index contributed by atoms with van der Waals surface area (Å²) in [7, 11) is 0. The Morgan fingerprint density at radius 1 is 0.410 bits per heavy atom. The number of carbonyl (C=O) groups is 2. The third-order valence-electron chi connectivity index (χ3n) is 22.1. The molecule has 8 aliphatic carbocycles. The van der Waals surface area contributed by atoms with Crippen LogP contribution in [0.2, 0.25) is 0 Å². The number of aromatic nitrogens is 3. The number of hydrogen-bond acceptors (Lipinski definition) is 11. The Kier molecular flexibility index (Phi) is 25.1. The van der Waals surface area contributed by atoms with Gasteiger partial charge in [0.2, 0.25) is 0 Å². The number of unbranched alkanes of at least 4 members (excludes halogenated alkanes) is 2. The molecule has 16 heteroatoms. The van der Waals surface area contributed by atoms with Gasteiger partial charge >= 0.3 is 29.3 Å². The minimum Gasteiger partial charge on any atom is -0.450 e. The summed E-state index contributed by atoms with van der Waals surface area (Å²) >= 11 is 0. The summed E-state index contributed by atoms with van der Waals surface area (Å²) < 4.78 is 13.4. The summed E-state index contributed by atoms with van der Waals surface area (Å²) in [4.78, 5) is 86.8. The molecule has 0 aliphatic heterocycles. The van der Waals surface area contributed by atoms with Crippen LogP contribution in [0, 0.1) is 47.3 Å². The van der Waals surface area contributed by atoms with Gasteiger partial charge in [-0.05, 0) is 291 Å². The van der Waals surface area contributed by atoms with E-state index in [2.05, 4.69) is 41.5 Å². The molecule has 0 atom stereocenters. The Morgan fingerprint density at radius 3 is 0.928 bits per heavy atom. The van der Waals surface area contributed by atoms with Crippen molar-refractivity contribution in [3.8, 4) is 0 Å². The number of amides is 2. The molecule has 2 amide bonds. The number of ether oxygens (including phenoxy) is 2. The Morgan fingerprint density at radius 2 is 0.663 bits per heavy atom. The maximum absolute atomic E-state index is 14.1. The molecule has 8 fully saturated rings. The number of alkyl carbamates (subject to hydrolysis) is 2. The van der Waals surface area contributed by atoms with Crippen LogP contribution in [-0.2, 0) is 9.47 Å². The monoisotopic (exact) mass is 1150 g/mol. The first kappa shape index (κ1) is 63.2. The topological polar surface area (TPSA) is 203 Å². The fraction of sp³-hybridized carbons (Fsp3) is 0.896. The summed E-state index contributed by atoms with van der Waals surface area (Å²) in [6, 6.07) is 7.88. The van der Waals surface area contributed by atoms with Gasteiger partial charge in [-0.3, -0.25) is 4.98 Å². The zero-order chi connectivity index (χ0) is 57.8. The molecule has 0 unspecified atom stereocenters. The lowest BCUT2D eigenvalue weighted by molar-refractivity contribution is 0.133. The molecule has 1 aromatic heterocycles. The van der Waals surface area contributed by atoms with E-state index in [4.69, 9.17) is 29.4 Å². The maximum atomic E-state index is 14.1. The predicted octanol–water partition coefficient (Wildman–Crippen LogP) is 14.5. The van der Waals surface area contributed by atoms with Crippen molar-refractivity contribution in [2.75, 3.05) is 13.2 Å². The molecule has 1 aromatic rings. The average molecular weight is 1150 g/mol. The van der Waals surface area contributed by atoms with Gasteiger partial charge < -0.3 is 20.1 Å². The van der Waals surface area contributed by atoms with Gasteiger partial charge in [-0.1, -0.05) is 26.7 Å². The Hall–Kier alpha value is -4.29. The molecule has 0 radical (unpaired) electrons. The van der Waals surface area contributed by atoms with Crippen LogP contribution in [0.5, 0.6) is 0 Å². The van der Waals surface area contributed by atoms with Gasteiger partial charge in [0.1, 0.15) is 0 Å². The van der Waals surface area contributed by atoms with Crippen molar-refractivity contribution in [1.29, 1.82) is 0 Å². The van der Waals surface area contributed by atoms with Gasteiger partial charge in [-0.2, -0.15) is 0 Å². The highest BCUT2D eigenvalue weighted by Crippen LogP contribution is 2.42. The molecule has 83 heavy (non-hydrogen) atoms. The molecule has 3 N–H and O–H groups in total. The largest absolute Gasteiger partial charge is 0.450 e. The third kappa shape index (κ3) is 19.9. The van der Waals surface area contributed by atoms with Crippen molar-refractivity contribution in [1.82, 2.24) is 24.8 Å². The Balaban J connectivity index is 0.612. The van der Waals surface area contributed by atoms with Gasteiger partial charge in [0.25, 0.3) is 0 Å². The van der Waals surface area contributed by atoms with Crippen LogP contribution >= 0.6 is 0 Å². The second-order valence-corrected chi connectivity index (χ2v) is 28.2. The van der Waals surface area contributed by atoms with Gasteiger partial charge in [0, 0.05) is 24.2 Å². The summed E-state index contributed by atoms with van der Waals surface area (Å²) in [5.74, 6) is 5.72. The fourth-order valence-electron chi connectivity index (χ4n) is 16.9. The van der Waals surface area contributed by atoms with Gasteiger partial charge in [0.15, 0.2) is 0 Å². The molecule has 1 heterocycles. The minimum atomic E-state index is -0.543. The lowest BCUT2D eigenvalue weighted by atomic mass is 9.75. The summed E-state index contributed by atoms with van der Waals surface area (Å²) in [5.41, 5.74) is -1.49. The Bertz CT molecular complexity index is 2270. The van der Waals surface area contributed by atoms with E-state index < -0.39 is 17.1 Å². The van der Waals surface area contributed by atoms with E-state index in [9.17, 15) is 24.0 Å². The highest BCUT2D eigenvalue weighted by Gasteiger charge is 2.34. The highest BCUT2D eigenvalue weighted by atomic mass is 16.6. The number of aromatic amines is 1. The number of aliphatic imine (C=N–C) groups is 4. The van der Waals surface area contributed by atoms with E-state index in [-0.39, 0.29) is 36.4 Å². The van der Waals surface area contributed by atoms with Crippen LogP contribution in [0.4, 0.5) is 9.59 Å². The summed E-state index contributed by atoms with van der Waals surface area (Å²) in [5, 5.41) is 6.18. The van der Waals surface area contributed by atoms with Crippen LogP contribution in [0.3, 0.4) is 0 Å². The second-order valence-electron chi connectivity index (χ2n) is 28.2. The number of nitrogens with one attached hydrogen (secondary N) is 3. The van der Waals surface area contributed by atoms with Crippen LogP contribution in [-0.4, -0.2) is 87.8 Å². The van der Waals surface area contributed by atoms with Crippen LogP contribution < -0.4 is 27.7 Å². The first-order valence-corrected chi connectivity index (χ1v) is 34.7. The van der Waals surface area contributed by atoms with Crippen LogP contribution in [0.1, 0.15) is 283 Å². The summed E-state index contributed by atoms with van der Waals surface area (Å²) in [6.07, 6.45) is 43.4. The molecule has 9 rings (SSSR count). The minimum absolute atomic E-state index is 0.162. The molecule has 16 nitrogen and oxygen atoms in total. The number of rotatable bonds is 22. The lowest BCUT2D eigenvalue weighted by Crippen LogP contribution is -2.52. The number of hydrogen-bond donors (Lipinski definition) is 3. The smallest absolute Gasteiger partial charge is 0.407 e. The van der Waals surface area contributed by atoms with Crippen LogP contribution in [0.25, 0.3) is 0 Å². The molecular weight excluding hydrogens is 1040 g/mol. The molecular formula is C67H109N9O7. The normalized spacial score (nSPS) is 34.2. The Labute approximate surface area is 497 Å². The highest BCUT2D eigenvalue weighted by molar-refractivity contribution is 5.67. The number of nitrogens with zero attached hydrogens (tertiary/aromatic N) is 6. The summed E-state index contributed by atoms with van der Waals surface area (Å²) in [6.45, 7) is 5.23. The zero-order valence-electron chi connectivity index (χ0n) is 51.5. The van der Waals surface area contributed by atoms with E-state index in [0.717, 1.165) is 178 Å². The first-order valence-electron chi connectivity index (χ1n) is 34.7. The van der Waals surface area contributed by atoms with Crippen molar-refractivity contribution in [2.24, 2.45) is 67.3 Å². The van der Waals surface area contributed by atoms with Crippen molar-refractivity contribution >= 4 is 24.2 Å². The quantitative estimate of drug-likeness (QED) is 0.0756. The van der Waals surface area contributed by atoms with Crippen LogP contribution in [0.15, 0.2) is 34.4 Å². The second kappa shape index (κ2) is 33.0. The van der Waals surface area contributed by atoms with Gasteiger partial charge in [0.05, 0.1) is 49.4 Å². The zero-order valence-corrected chi connectivity index (χ0v) is 51.5.